The molecule has 0 saturated heterocycles. The SMILES string of the molecule is BC(B)(B)n1cc(-c2ccc3c(C(=O)C(C)C)cnn3c2)cn1. The van der Waals surface area contributed by atoms with E-state index in [2.05, 4.69) is 33.7 Å². The topological polar surface area (TPSA) is 52.2 Å². The minimum Gasteiger partial charge on any atom is -0.294 e. The van der Waals surface area contributed by atoms with Gasteiger partial charge in [-0.05, 0) is 11.3 Å². The summed E-state index contributed by atoms with van der Waals surface area (Å²) in [6, 6.07) is 3.96. The Morgan fingerprint density at radius 3 is 2.43 bits per heavy atom. The van der Waals surface area contributed by atoms with E-state index in [1.807, 2.05) is 49.3 Å². The Balaban J connectivity index is 2.02. The maximum absolute atomic E-state index is 12.2. The van der Waals surface area contributed by atoms with E-state index in [4.69, 9.17) is 0 Å². The predicted molar refractivity (Wildman–Crippen MR) is 99.2 cm³/mol. The largest absolute Gasteiger partial charge is 0.294 e. The van der Waals surface area contributed by atoms with Gasteiger partial charge in [-0.15, -0.1) is 0 Å². The van der Waals surface area contributed by atoms with Gasteiger partial charge in [-0.3, -0.25) is 9.48 Å². The van der Waals surface area contributed by atoms with Crippen LogP contribution in [0.5, 0.6) is 0 Å². The number of hydrogen-bond acceptors (Lipinski definition) is 3. The monoisotopic (exact) mass is 304 g/mol. The van der Waals surface area contributed by atoms with Crippen LogP contribution >= 0.6 is 0 Å². The number of fused-ring (bicyclic) bond motifs is 1. The van der Waals surface area contributed by atoms with Gasteiger partial charge in [0.25, 0.3) is 0 Å². The maximum atomic E-state index is 12.2. The average Bonchev–Trinajstić information content (AvgIpc) is 3.12. The molecule has 0 aliphatic rings. The molecule has 3 aromatic heterocycles. The number of nitrogens with zero attached hydrogens (tertiary/aromatic N) is 4. The minimum atomic E-state index is -0.0507. The van der Waals surface area contributed by atoms with E-state index in [9.17, 15) is 4.79 Å². The highest BCUT2D eigenvalue weighted by Crippen LogP contribution is 2.23. The van der Waals surface area contributed by atoms with Crippen LogP contribution in [0.3, 0.4) is 0 Å². The first-order chi connectivity index (χ1) is 10.8. The summed E-state index contributed by atoms with van der Waals surface area (Å²) in [4.78, 5) is 12.2. The van der Waals surface area contributed by atoms with Gasteiger partial charge in [-0.2, -0.15) is 10.2 Å². The second kappa shape index (κ2) is 5.44. The number of ketones is 1. The van der Waals surface area contributed by atoms with Crippen molar-refractivity contribution in [2.75, 3.05) is 0 Å². The number of aromatic nitrogens is 4. The molecule has 0 fully saturated rings. The Kier molecular flexibility index (Phi) is 3.70. The van der Waals surface area contributed by atoms with Gasteiger partial charge in [-0.25, -0.2) is 4.52 Å². The van der Waals surface area contributed by atoms with Crippen molar-refractivity contribution < 1.29 is 4.79 Å². The normalized spacial score (nSPS) is 12.1. The van der Waals surface area contributed by atoms with Crippen molar-refractivity contribution in [2.24, 2.45) is 5.92 Å². The molecule has 3 heterocycles. The lowest BCUT2D eigenvalue weighted by atomic mass is 9.49. The molecule has 0 unspecified atom stereocenters. The van der Waals surface area contributed by atoms with Crippen LogP contribution in [-0.4, -0.2) is 48.7 Å². The molecular formula is C15H19B3N4O. The van der Waals surface area contributed by atoms with Gasteiger partial charge in [0, 0.05) is 29.4 Å². The Bertz CT molecular complexity index is 876. The zero-order valence-electron chi connectivity index (χ0n) is 14.2. The highest BCUT2D eigenvalue weighted by Gasteiger charge is 2.17. The number of rotatable bonds is 4. The molecule has 8 heteroatoms. The molecule has 0 bridgehead atoms. The lowest BCUT2D eigenvalue weighted by Gasteiger charge is -2.18. The fourth-order valence-electron chi connectivity index (χ4n) is 2.49. The van der Waals surface area contributed by atoms with Crippen LogP contribution in [0.4, 0.5) is 0 Å². The summed E-state index contributed by atoms with van der Waals surface area (Å²) >= 11 is 0. The first-order valence-corrected chi connectivity index (χ1v) is 7.84. The number of Topliss-reactive ketones (excluding diaryl/α,β-unsaturated/α-hetero) is 1. The van der Waals surface area contributed by atoms with Gasteiger partial charge in [0.1, 0.15) is 23.5 Å². The molecule has 0 N–H and O–H groups in total. The van der Waals surface area contributed by atoms with E-state index in [0.29, 0.717) is 5.56 Å². The molecule has 3 rings (SSSR count). The van der Waals surface area contributed by atoms with Gasteiger partial charge < -0.3 is 0 Å². The van der Waals surface area contributed by atoms with Gasteiger partial charge in [0.15, 0.2) is 5.78 Å². The zero-order chi connectivity index (χ0) is 16.8. The first-order valence-electron chi connectivity index (χ1n) is 7.84. The Labute approximate surface area is 138 Å². The van der Waals surface area contributed by atoms with Crippen molar-refractivity contribution in [2.45, 2.75) is 19.1 Å². The fourth-order valence-corrected chi connectivity index (χ4v) is 2.49. The molecular weight excluding hydrogens is 285 g/mol. The van der Waals surface area contributed by atoms with Gasteiger partial charge in [0.05, 0.1) is 23.5 Å². The summed E-state index contributed by atoms with van der Waals surface area (Å²) in [5.74, 6) is 0.0843. The molecule has 0 radical (unpaired) electrons. The van der Waals surface area contributed by atoms with Gasteiger partial charge in [-0.1, -0.05) is 19.9 Å². The smallest absolute Gasteiger partial charge is 0.169 e. The Hall–Kier alpha value is -2.24. The van der Waals surface area contributed by atoms with Crippen LogP contribution < -0.4 is 0 Å². The number of pyridine rings is 1. The lowest BCUT2D eigenvalue weighted by Crippen LogP contribution is -2.35. The lowest BCUT2D eigenvalue weighted by molar-refractivity contribution is 0.0941. The number of carbonyl (C=O) groups is 1. The summed E-state index contributed by atoms with van der Waals surface area (Å²) in [7, 11) is 6.35. The van der Waals surface area contributed by atoms with Crippen molar-refractivity contribution in [1.82, 2.24) is 19.4 Å². The second-order valence-corrected chi connectivity index (χ2v) is 7.17. The highest BCUT2D eigenvalue weighted by atomic mass is 16.1. The summed E-state index contributed by atoms with van der Waals surface area (Å²) < 4.78 is 3.71. The second-order valence-electron chi connectivity index (χ2n) is 7.17. The van der Waals surface area contributed by atoms with E-state index in [1.54, 1.807) is 10.7 Å². The fraction of sp³-hybridized carbons (Fsp3) is 0.267. The molecule has 0 atom stereocenters. The average molecular weight is 304 g/mol. The highest BCUT2D eigenvalue weighted by molar-refractivity contribution is 6.56. The Morgan fingerprint density at radius 2 is 1.83 bits per heavy atom. The van der Waals surface area contributed by atoms with Crippen molar-refractivity contribution in [3.05, 3.63) is 42.5 Å². The van der Waals surface area contributed by atoms with Crippen LogP contribution in [0, 0.1) is 5.92 Å². The maximum Gasteiger partial charge on any atom is 0.169 e. The molecule has 0 aliphatic heterocycles. The van der Waals surface area contributed by atoms with Crippen molar-refractivity contribution in [1.29, 1.82) is 0 Å². The molecule has 23 heavy (non-hydrogen) atoms. The molecule has 0 spiro atoms. The molecule has 114 valence electrons. The third kappa shape index (κ3) is 2.85. The summed E-state index contributed by atoms with van der Waals surface area (Å²) in [5, 5.41) is 8.72. The first kappa shape index (κ1) is 15.7. The van der Waals surface area contributed by atoms with E-state index in [1.165, 1.54) is 0 Å². The molecule has 0 aliphatic carbocycles. The number of hydrogen-bond donors (Lipinski definition) is 0. The van der Waals surface area contributed by atoms with Crippen LogP contribution in [0.15, 0.2) is 36.9 Å². The molecule has 0 saturated carbocycles. The molecule has 5 nitrogen and oxygen atoms in total. The van der Waals surface area contributed by atoms with Gasteiger partial charge >= 0.3 is 0 Å². The quantitative estimate of drug-likeness (QED) is 0.482. The van der Waals surface area contributed by atoms with Crippen molar-refractivity contribution in [3.63, 3.8) is 0 Å². The predicted octanol–water partition coefficient (Wildman–Crippen LogP) is -0.496. The van der Waals surface area contributed by atoms with Crippen molar-refractivity contribution in [3.8, 4) is 11.1 Å². The van der Waals surface area contributed by atoms with Crippen LogP contribution in [0.1, 0.15) is 24.2 Å². The van der Waals surface area contributed by atoms with E-state index < -0.39 is 0 Å². The van der Waals surface area contributed by atoms with E-state index in [0.717, 1.165) is 16.6 Å². The number of carbonyl (C=O) groups excluding carboxylic acids is 1. The van der Waals surface area contributed by atoms with Crippen molar-refractivity contribution >= 4 is 34.8 Å². The standard InChI is InChI=1S/C15H19B3N4O/c1-9(2)14(23)12-6-19-21-7-10(3-4-13(12)21)11-5-20-22(8-11)15(16,17)18/h3-9H,16-18H2,1-2H3. The molecule has 0 aromatic carbocycles. The zero-order valence-corrected chi connectivity index (χ0v) is 14.2. The molecule has 3 aromatic rings. The van der Waals surface area contributed by atoms with E-state index >= 15 is 0 Å². The summed E-state index contributed by atoms with van der Waals surface area (Å²) in [6.45, 7) is 3.81. The van der Waals surface area contributed by atoms with Crippen LogP contribution in [0.2, 0.25) is 0 Å². The summed E-state index contributed by atoms with van der Waals surface area (Å²) in [5.41, 5.74) is 3.58. The summed E-state index contributed by atoms with van der Waals surface area (Å²) in [6.07, 6.45) is 7.48. The van der Waals surface area contributed by atoms with Gasteiger partial charge in [0.2, 0.25) is 0 Å². The molecule has 0 amide bonds. The third-order valence-electron chi connectivity index (χ3n) is 3.91. The van der Waals surface area contributed by atoms with Crippen LogP contribution in [-0.2, 0) is 5.24 Å². The third-order valence-corrected chi connectivity index (χ3v) is 3.91. The minimum absolute atomic E-state index is 0.0345. The van der Waals surface area contributed by atoms with Crippen LogP contribution in [0.25, 0.3) is 16.6 Å². The Morgan fingerprint density at radius 1 is 1.09 bits per heavy atom. The van der Waals surface area contributed by atoms with E-state index in [-0.39, 0.29) is 16.9 Å².